The van der Waals surface area contributed by atoms with Crippen LogP contribution in [0.2, 0.25) is 0 Å². The van der Waals surface area contributed by atoms with E-state index in [0.29, 0.717) is 39.9 Å². The predicted molar refractivity (Wildman–Crippen MR) is 99.0 cm³/mol. The van der Waals surface area contributed by atoms with Crippen LogP contribution in [0.15, 0.2) is 36.4 Å². The Balaban J connectivity index is 2.33. The first-order valence-corrected chi connectivity index (χ1v) is 7.82. The first-order valence-electron chi connectivity index (χ1n) is 7.82. The number of carbonyl (C=O) groups excluding carboxylic acids is 1. The van der Waals surface area contributed by atoms with E-state index in [-0.39, 0.29) is 5.78 Å². The molecule has 26 heavy (non-hydrogen) atoms. The monoisotopic (exact) mass is 358 g/mol. The summed E-state index contributed by atoms with van der Waals surface area (Å²) in [4.78, 5) is 12.5. The zero-order valence-corrected chi connectivity index (χ0v) is 15.5. The van der Waals surface area contributed by atoms with E-state index < -0.39 is 0 Å². The molecule has 0 aliphatic heterocycles. The van der Waals surface area contributed by atoms with Crippen molar-refractivity contribution < 1.29 is 28.5 Å². The van der Waals surface area contributed by atoms with Gasteiger partial charge in [0, 0.05) is 17.2 Å². The van der Waals surface area contributed by atoms with Crippen molar-refractivity contribution in [2.75, 3.05) is 35.5 Å². The highest BCUT2D eigenvalue weighted by atomic mass is 16.5. The Morgan fingerprint density at radius 2 is 1.23 bits per heavy atom. The molecule has 0 radical (unpaired) electrons. The first-order chi connectivity index (χ1) is 12.6. The molecular formula is C20H22O6. The van der Waals surface area contributed by atoms with E-state index in [9.17, 15) is 4.79 Å². The highest BCUT2D eigenvalue weighted by molar-refractivity contribution is 6.07. The van der Waals surface area contributed by atoms with Gasteiger partial charge in [-0.15, -0.1) is 0 Å². The number of hydrogen-bond donors (Lipinski definition) is 0. The van der Waals surface area contributed by atoms with Crippen molar-refractivity contribution in [3.05, 3.63) is 47.5 Å². The van der Waals surface area contributed by atoms with E-state index >= 15 is 0 Å². The average molecular weight is 358 g/mol. The minimum absolute atomic E-state index is 0.178. The second kappa shape index (κ2) is 8.80. The van der Waals surface area contributed by atoms with Gasteiger partial charge >= 0.3 is 0 Å². The molecule has 0 aromatic heterocycles. The molecule has 6 nitrogen and oxygen atoms in total. The molecule has 0 fully saturated rings. The first kappa shape index (κ1) is 19.2. The molecule has 0 bridgehead atoms. The lowest BCUT2D eigenvalue weighted by atomic mass is 10.1. The van der Waals surface area contributed by atoms with Crippen LogP contribution in [-0.4, -0.2) is 41.3 Å². The van der Waals surface area contributed by atoms with Crippen LogP contribution in [0.25, 0.3) is 6.08 Å². The van der Waals surface area contributed by atoms with Gasteiger partial charge in [0.25, 0.3) is 0 Å². The second-order valence-corrected chi connectivity index (χ2v) is 5.22. The molecule has 2 rings (SSSR count). The van der Waals surface area contributed by atoms with E-state index in [1.54, 1.807) is 64.8 Å². The topological polar surface area (TPSA) is 63.2 Å². The van der Waals surface area contributed by atoms with Crippen molar-refractivity contribution in [1.82, 2.24) is 0 Å². The van der Waals surface area contributed by atoms with Crippen molar-refractivity contribution in [3.8, 4) is 28.7 Å². The Morgan fingerprint density at radius 1 is 0.692 bits per heavy atom. The van der Waals surface area contributed by atoms with Gasteiger partial charge in [0.1, 0.15) is 5.75 Å². The number of rotatable bonds is 8. The van der Waals surface area contributed by atoms with Gasteiger partial charge in [-0.3, -0.25) is 4.79 Å². The maximum atomic E-state index is 12.5. The van der Waals surface area contributed by atoms with Gasteiger partial charge in [0.15, 0.2) is 28.8 Å². The summed E-state index contributed by atoms with van der Waals surface area (Å²) >= 11 is 0. The maximum absolute atomic E-state index is 12.5. The fourth-order valence-corrected chi connectivity index (χ4v) is 2.43. The van der Waals surface area contributed by atoms with Gasteiger partial charge in [-0.2, -0.15) is 0 Å². The third-order valence-electron chi connectivity index (χ3n) is 3.82. The van der Waals surface area contributed by atoms with Crippen LogP contribution in [0.1, 0.15) is 15.9 Å². The molecule has 0 saturated carbocycles. The molecule has 0 amide bonds. The lowest BCUT2D eigenvalue weighted by molar-refractivity contribution is 0.104. The number of benzene rings is 2. The van der Waals surface area contributed by atoms with Crippen molar-refractivity contribution in [3.63, 3.8) is 0 Å². The quantitative estimate of drug-likeness (QED) is 0.530. The molecule has 2 aromatic rings. The van der Waals surface area contributed by atoms with Gasteiger partial charge in [0.2, 0.25) is 0 Å². The third kappa shape index (κ3) is 4.08. The number of methoxy groups -OCH3 is 5. The van der Waals surface area contributed by atoms with Crippen molar-refractivity contribution in [2.24, 2.45) is 0 Å². The van der Waals surface area contributed by atoms with Crippen molar-refractivity contribution in [2.45, 2.75) is 0 Å². The van der Waals surface area contributed by atoms with Gasteiger partial charge in [-0.1, -0.05) is 0 Å². The largest absolute Gasteiger partial charge is 0.496 e. The highest BCUT2D eigenvalue weighted by Crippen LogP contribution is 2.35. The summed E-state index contributed by atoms with van der Waals surface area (Å²) in [5.41, 5.74) is 1.18. The smallest absolute Gasteiger partial charge is 0.185 e. The van der Waals surface area contributed by atoms with E-state index in [1.807, 2.05) is 0 Å². The molecular weight excluding hydrogens is 336 g/mol. The number of ether oxygens (including phenoxy) is 5. The molecule has 0 spiro atoms. The van der Waals surface area contributed by atoms with Crippen LogP contribution in [0, 0.1) is 0 Å². The molecule has 0 heterocycles. The molecule has 0 N–H and O–H groups in total. The van der Waals surface area contributed by atoms with E-state index in [1.165, 1.54) is 13.2 Å². The summed E-state index contributed by atoms with van der Waals surface area (Å²) < 4.78 is 26.3. The molecule has 138 valence electrons. The van der Waals surface area contributed by atoms with E-state index in [2.05, 4.69) is 0 Å². The molecule has 0 aliphatic carbocycles. The summed E-state index contributed by atoms with van der Waals surface area (Å²) in [6, 6.07) is 8.46. The molecule has 2 aromatic carbocycles. The standard InChI is InChI=1S/C20H22O6/c1-22-16-9-7-13(10-18(16)24-3)15(21)8-6-14-11-19(25-4)20(26-5)12-17(14)23-2/h6-12H,1-5H3. The van der Waals surface area contributed by atoms with Crippen LogP contribution in [0.5, 0.6) is 28.7 Å². The van der Waals surface area contributed by atoms with Crippen LogP contribution < -0.4 is 23.7 Å². The summed E-state index contributed by atoms with van der Waals surface area (Å²) in [6.07, 6.45) is 3.13. The zero-order valence-electron chi connectivity index (χ0n) is 15.5. The predicted octanol–water partition coefficient (Wildman–Crippen LogP) is 3.63. The van der Waals surface area contributed by atoms with Gasteiger partial charge in [-0.25, -0.2) is 0 Å². The zero-order chi connectivity index (χ0) is 19.1. The lowest BCUT2D eigenvalue weighted by Crippen LogP contribution is -1.98. The molecule has 6 heteroatoms. The number of carbonyl (C=O) groups is 1. The highest BCUT2D eigenvalue weighted by Gasteiger charge is 2.12. The fourth-order valence-electron chi connectivity index (χ4n) is 2.43. The van der Waals surface area contributed by atoms with Gasteiger partial charge < -0.3 is 23.7 Å². The van der Waals surface area contributed by atoms with Crippen LogP contribution in [0.4, 0.5) is 0 Å². The van der Waals surface area contributed by atoms with Gasteiger partial charge in [-0.05, 0) is 36.4 Å². The Labute approximate surface area is 152 Å². The van der Waals surface area contributed by atoms with Crippen LogP contribution in [0.3, 0.4) is 0 Å². The summed E-state index contributed by atoms with van der Waals surface area (Å²) in [7, 11) is 7.72. The molecule has 0 saturated heterocycles. The Hall–Kier alpha value is -3.15. The summed E-state index contributed by atoms with van der Waals surface area (Å²) in [5, 5.41) is 0. The Morgan fingerprint density at radius 3 is 1.81 bits per heavy atom. The number of allylic oxidation sites excluding steroid dienone is 1. The fraction of sp³-hybridized carbons (Fsp3) is 0.250. The average Bonchev–Trinajstić information content (AvgIpc) is 2.70. The Bertz CT molecular complexity index is 810. The second-order valence-electron chi connectivity index (χ2n) is 5.22. The molecule has 0 atom stereocenters. The van der Waals surface area contributed by atoms with E-state index in [4.69, 9.17) is 23.7 Å². The number of hydrogen-bond acceptors (Lipinski definition) is 6. The minimum Gasteiger partial charge on any atom is -0.496 e. The summed E-state index contributed by atoms with van der Waals surface area (Å²) in [5.74, 6) is 2.55. The maximum Gasteiger partial charge on any atom is 0.185 e. The summed E-state index contributed by atoms with van der Waals surface area (Å²) in [6.45, 7) is 0. The van der Waals surface area contributed by atoms with E-state index in [0.717, 1.165) is 0 Å². The number of ketones is 1. The van der Waals surface area contributed by atoms with Crippen molar-refractivity contribution in [1.29, 1.82) is 0 Å². The molecule has 0 aliphatic rings. The molecule has 0 unspecified atom stereocenters. The van der Waals surface area contributed by atoms with Crippen molar-refractivity contribution >= 4 is 11.9 Å². The van der Waals surface area contributed by atoms with Crippen LogP contribution >= 0.6 is 0 Å². The van der Waals surface area contributed by atoms with Gasteiger partial charge in [0.05, 0.1) is 35.5 Å². The minimum atomic E-state index is -0.178. The van der Waals surface area contributed by atoms with Crippen LogP contribution in [-0.2, 0) is 0 Å². The SMILES string of the molecule is COc1cc(OC)c(OC)cc1C=CC(=O)c1ccc(OC)c(OC)c1. The third-order valence-corrected chi connectivity index (χ3v) is 3.82. The normalized spacial score (nSPS) is 10.5. The lowest BCUT2D eigenvalue weighted by Gasteiger charge is -2.12. The Kier molecular flexibility index (Phi) is 6.49.